The summed E-state index contributed by atoms with van der Waals surface area (Å²) in [5, 5.41) is 0. The van der Waals surface area contributed by atoms with E-state index in [2.05, 4.69) is 4.72 Å². The van der Waals surface area contributed by atoms with Crippen molar-refractivity contribution in [3.8, 4) is 0 Å². The molecule has 1 unspecified atom stereocenters. The largest absolute Gasteiger partial charge is 0.380 e. The highest BCUT2D eigenvalue weighted by Crippen LogP contribution is 1.87. The summed E-state index contributed by atoms with van der Waals surface area (Å²) < 4.78 is 29.3. The van der Waals surface area contributed by atoms with Crippen LogP contribution in [0.4, 0.5) is 0 Å². The van der Waals surface area contributed by atoms with Crippen LogP contribution in [0.3, 0.4) is 0 Å². The van der Waals surface area contributed by atoms with Crippen LogP contribution in [0.15, 0.2) is 0 Å². The van der Waals surface area contributed by atoms with E-state index in [4.69, 9.17) is 10.5 Å². The number of hydrogen-bond donors (Lipinski definition) is 2. The minimum Gasteiger partial charge on any atom is -0.380 e. The fourth-order valence-corrected chi connectivity index (χ4v) is 1.50. The first-order valence-corrected chi connectivity index (χ1v) is 5.37. The Kier molecular flexibility index (Phi) is 5.39. The maximum absolute atomic E-state index is 11.0. The van der Waals surface area contributed by atoms with E-state index < -0.39 is 10.0 Å². The Bertz CT molecular complexity index is 203. The van der Waals surface area contributed by atoms with Gasteiger partial charge in [-0.1, -0.05) is 0 Å². The zero-order chi connectivity index (χ0) is 9.61. The van der Waals surface area contributed by atoms with Gasteiger partial charge in [0.15, 0.2) is 0 Å². The van der Waals surface area contributed by atoms with E-state index in [0.717, 1.165) is 0 Å². The number of rotatable bonds is 6. The van der Waals surface area contributed by atoms with Gasteiger partial charge in [-0.25, -0.2) is 13.1 Å². The van der Waals surface area contributed by atoms with Crippen LogP contribution in [0.1, 0.15) is 6.92 Å². The second kappa shape index (κ2) is 5.47. The Balaban J connectivity index is 3.76. The molecule has 0 saturated carbocycles. The van der Waals surface area contributed by atoms with Crippen LogP contribution in [0.2, 0.25) is 0 Å². The molecule has 0 saturated heterocycles. The van der Waals surface area contributed by atoms with Crippen molar-refractivity contribution in [1.82, 2.24) is 4.72 Å². The van der Waals surface area contributed by atoms with Crippen LogP contribution in [0.25, 0.3) is 0 Å². The predicted molar refractivity (Wildman–Crippen MR) is 47.3 cm³/mol. The van der Waals surface area contributed by atoms with Crippen molar-refractivity contribution >= 4 is 10.0 Å². The molecular formula is C6H16N2O3S. The quantitative estimate of drug-likeness (QED) is 0.565. The maximum Gasteiger partial charge on any atom is 0.212 e. The van der Waals surface area contributed by atoms with Crippen LogP contribution >= 0.6 is 0 Å². The highest BCUT2D eigenvalue weighted by Gasteiger charge is 2.09. The lowest BCUT2D eigenvalue weighted by molar-refractivity contribution is 0.122. The van der Waals surface area contributed by atoms with Gasteiger partial charge >= 0.3 is 0 Å². The molecule has 1 atom stereocenters. The molecular weight excluding hydrogens is 180 g/mol. The smallest absolute Gasteiger partial charge is 0.212 e. The minimum absolute atomic E-state index is 0.0383. The molecule has 0 rings (SSSR count). The third kappa shape index (κ3) is 5.48. The fraction of sp³-hybridized carbons (Fsp3) is 1.00. The van der Waals surface area contributed by atoms with Gasteiger partial charge < -0.3 is 10.5 Å². The normalized spacial score (nSPS) is 14.6. The molecule has 0 aliphatic rings. The lowest BCUT2D eigenvalue weighted by Crippen LogP contribution is -2.35. The van der Waals surface area contributed by atoms with Gasteiger partial charge in [-0.2, -0.15) is 0 Å². The lowest BCUT2D eigenvalue weighted by atomic mass is 10.4. The molecule has 0 aliphatic carbocycles. The molecule has 74 valence electrons. The highest BCUT2D eigenvalue weighted by atomic mass is 32.2. The van der Waals surface area contributed by atoms with Crippen molar-refractivity contribution in [3.63, 3.8) is 0 Å². The summed E-state index contributed by atoms with van der Waals surface area (Å²) in [6.07, 6.45) is -0.113. The van der Waals surface area contributed by atoms with Gasteiger partial charge in [0, 0.05) is 20.2 Å². The molecule has 0 aliphatic heterocycles. The molecule has 0 fully saturated rings. The van der Waals surface area contributed by atoms with E-state index >= 15 is 0 Å². The number of nitrogens with one attached hydrogen (secondary N) is 1. The summed E-state index contributed by atoms with van der Waals surface area (Å²) in [6, 6.07) is 0. The van der Waals surface area contributed by atoms with Gasteiger partial charge in [0.1, 0.15) is 0 Å². The SMILES string of the molecule is COC(C)CNS(=O)(=O)CCN. The van der Waals surface area contributed by atoms with Crippen LogP contribution in [-0.2, 0) is 14.8 Å². The van der Waals surface area contributed by atoms with Crippen molar-refractivity contribution in [3.05, 3.63) is 0 Å². The average Bonchev–Trinajstić information content (AvgIpc) is 2.00. The number of methoxy groups -OCH3 is 1. The Morgan fingerprint density at radius 1 is 1.58 bits per heavy atom. The molecule has 12 heavy (non-hydrogen) atoms. The first-order chi connectivity index (χ1) is 5.52. The molecule has 3 N–H and O–H groups in total. The van der Waals surface area contributed by atoms with E-state index in [-0.39, 0.29) is 18.4 Å². The zero-order valence-electron chi connectivity index (χ0n) is 7.41. The molecule has 5 nitrogen and oxygen atoms in total. The second-order valence-corrected chi connectivity index (χ2v) is 4.43. The summed E-state index contributed by atoms with van der Waals surface area (Å²) in [5.41, 5.74) is 5.10. The Labute approximate surface area is 73.3 Å². The summed E-state index contributed by atoms with van der Waals surface area (Å²) in [4.78, 5) is 0. The molecule has 6 heteroatoms. The van der Waals surface area contributed by atoms with E-state index in [1.54, 1.807) is 6.92 Å². The third-order valence-electron chi connectivity index (χ3n) is 1.38. The van der Waals surface area contributed by atoms with E-state index in [1.807, 2.05) is 0 Å². The predicted octanol–water partition coefficient (Wildman–Crippen LogP) is -1.10. The molecule has 0 radical (unpaired) electrons. The van der Waals surface area contributed by atoms with Gasteiger partial charge in [-0.3, -0.25) is 0 Å². The fourth-order valence-electron chi connectivity index (χ4n) is 0.555. The first kappa shape index (κ1) is 11.8. The summed E-state index contributed by atoms with van der Waals surface area (Å²) in [5.74, 6) is -0.0383. The van der Waals surface area contributed by atoms with Gasteiger partial charge in [0.05, 0.1) is 11.9 Å². The lowest BCUT2D eigenvalue weighted by Gasteiger charge is -2.10. The Hall–Kier alpha value is -0.170. The summed E-state index contributed by atoms with van der Waals surface area (Å²) in [6.45, 7) is 2.21. The Morgan fingerprint density at radius 3 is 2.58 bits per heavy atom. The standard InChI is InChI=1S/C6H16N2O3S/c1-6(11-2)5-8-12(9,10)4-3-7/h6,8H,3-5,7H2,1-2H3. The Morgan fingerprint density at radius 2 is 2.17 bits per heavy atom. The maximum atomic E-state index is 11.0. The van der Waals surface area contributed by atoms with Gasteiger partial charge in [0.25, 0.3) is 0 Å². The number of nitrogens with two attached hydrogens (primary N) is 1. The first-order valence-electron chi connectivity index (χ1n) is 3.72. The van der Waals surface area contributed by atoms with E-state index in [0.29, 0.717) is 6.54 Å². The average molecular weight is 196 g/mol. The second-order valence-electron chi connectivity index (χ2n) is 2.50. The molecule has 0 spiro atoms. The highest BCUT2D eigenvalue weighted by molar-refractivity contribution is 7.89. The molecule has 0 aromatic carbocycles. The van der Waals surface area contributed by atoms with Crippen molar-refractivity contribution in [1.29, 1.82) is 0 Å². The number of hydrogen-bond acceptors (Lipinski definition) is 4. The van der Waals surface area contributed by atoms with Crippen LogP contribution < -0.4 is 10.5 Å². The topological polar surface area (TPSA) is 81.4 Å². The monoisotopic (exact) mass is 196 g/mol. The number of ether oxygens (including phenoxy) is 1. The van der Waals surface area contributed by atoms with E-state index in [1.165, 1.54) is 7.11 Å². The minimum atomic E-state index is -3.19. The zero-order valence-corrected chi connectivity index (χ0v) is 8.23. The van der Waals surface area contributed by atoms with Gasteiger partial charge in [-0.15, -0.1) is 0 Å². The van der Waals surface area contributed by atoms with Crippen molar-refractivity contribution < 1.29 is 13.2 Å². The molecule has 0 aromatic rings. The van der Waals surface area contributed by atoms with Gasteiger partial charge in [-0.05, 0) is 6.92 Å². The third-order valence-corrected chi connectivity index (χ3v) is 2.76. The van der Waals surface area contributed by atoms with Crippen molar-refractivity contribution in [2.75, 3.05) is 26.0 Å². The van der Waals surface area contributed by atoms with Crippen molar-refractivity contribution in [2.24, 2.45) is 5.73 Å². The van der Waals surface area contributed by atoms with Gasteiger partial charge in [0.2, 0.25) is 10.0 Å². The molecule has 0 amide bonds. The summed E-state index contributed by atoms with van der Waals surface area (Å²) in [7, 11) is -1.66. The van der Waals surface area contributed by atoms with Crippen LogP contribution in [-0.4, -0.2) is 40.5 Å². The van der Waals surface area contributed by atoms with Crippen molar-refractivity contribution in [2.45, 2.75) is 13.0 Å². The van der Waals surface area contributed by atoms with Crippen LogP contribution in [0, 0.1) is 0 Å². The number of sulfonamides is 1. The molecule has 0 aromatic heterocycles. The van der Waals surface area contributed by atoms with E-state index in [9.17, 15) is 8.42 Å². The summed E-state index contributed by atoms with van der Waals surface area (Å²) >= 11 is 0. The molecule has 0 bridgehead atoms. The molecule has 0 heterocycles. The van der Waals surface area contributed by atoms with Crippen LogP contribution in [0.5, 0.6) is 0 Å².